The molecule has 0 fully saturated rings. The number of aryl methyl sites for hydroxylation is 1. The van der Waals surface area contributed by atoms with Crippen molar-refractivity contribution < 1.29 is 18.0 Å². The van der Waals surface area contributed by atoms with E-state index in [-0.39, 0.29) is 17.6 Å². The molecule has 0 saturated carbocycles. The maximum absolute atomic E-state index is 13.0. The third kappa shape index (κ3) is 4.33. The minimum atomic E-state index is -4.64. The Morgan fingerprint density at radius 2 is 2.00 bits per heavy atom. The average Bonchev–Trinajstić information content (AvgIpc) is 2.62. The van der Waals surface area contributed by atoms with E-state index < -0.39 is 24.2 Å². The number of benzene rings is 1. The fourth-order valence-electron chi connectivity index (χ4n) is 2.76. The maximum atomic E-state index is 13.0. The van der Waals surface area contributed by atoms with E-state index in [1.165, 1.54) is 18.3 Å². The topological polar surface area (TPSA) is 64.0 Å². The summed E-state index contributed by atoms with van der Waals surface area (Å²) >= 11 is 0. The number of hydrogen-bond acceptors (Lipinski definition) is 3. The van der Waals surface area contributed by atoms with Gasteiger partial charge in [0.2, 0.25) is 0 Å². The second-order valence-electron chi connectivity index (χ2n) is 6.17. The van der Waals surface area contributed by atoms with Crippen LogP contribution in [0.25, 0.3) is 10.8 Å². The second-order valence-corrected chi connectivity index (χ2v) is 6.17. The molecule has 0 radical (unpaired) electrons. The summed E-state index contributed by atoms with van der Waals surface area (Å²) in [6, 6.07) is 9.57. The second kappa shape index (κ2) is 7.22. The number of pyridine rings is 2. The number of halogens is 3. The Morgan fingerprint density at radius 3 is 2.67 bits per heavy atom. The number of aromatic nitrogens is 2. The van der Waals surface area contributed by atoms with Crippen LogP contribution in [-0.2, 0) is 13.1 Å². The Morgan fingerprint density at radius 1 is 1.22 bits per heavy atom. The van der Waals surface area contributed by atoms with Crippen LogP contribution >= 0.6 is 0 Å². The quantitative estimate of drug-likeness (QED) is 0.762. The van der Waals surface area contributed by atoms with Gasteiger partial charge in [-0.3, -0.25) is 19.1 Å². The van der Waals surface area contributed by atoms with E-state index in [1.54, 1.807) is 37.4 Å². The average molecular weight is 375 g/mol. The van der Waals surface area contributed by atoms with Crippen LogP contribution in [0.15, 0.2) is 53.6 Å². The monoisotopic (exact) mass is 375 g/mol. The van der Waals surface area contributed by atoms with Gasteiger partial charge in [-0.05, 0) is 36.1 Å². The highest BCUT2D eigenvalue weighted by atomic mass is 19.4. The normalized spacial score (nSPS) is 11.6. The van der Waals surface area contributed by atoms with Crippen LogP contribution in [0, 0.1) is 6.92 Å². The van der Waals surface area contributed by atoms with Crippen LogP contribution in [0.1, 0.15) is 21.6 Å². The molecule has 3 aromatic rings. The van der Waals surface area contributed by atoms with E-state index >= 15 is 0 Å². The first-order valence-electron chi connectivity index (χ1n) is 8.13. The van der Waals surface area contributed by atoms with Crippen LogP contribution < -0.4 is 10.9 Å². The Kier molecular flexibility index (Phi) is 4.98. The number of amides is 1. The maximum Gasteiger partial charge on any atom is 0.406 e. The van der Waals surface area contributed by atoms with E-state index in [9.17, 15) is 22.8 Å². The molecule has 0 atom stereocenters. The Balaban J connectivity index is 2.04. The van der Waals surface area contributed by atoms with Gasteiger partial charge in [0.05, 0.1) is 0 Å². The lowest BCUT2D eigenvalue weighted by atomic mass is 10.1. The summed E-state index contributed by atoms with van der Waals surface area (Å²) in [7, 11) is 0. The highest BCUT2D eigenvalue weighted by Gasteiger charge is 2.31. The molecular weight excluding hydrogens is 359 g/mol. The number of nitrogens with zero attached hydrogens (tertiary/aromatic N) is 2. The van der Waals surface area contributed by atoms with Gasteiger partial charge in [0.1, 0.15) is 12.2 Å². The zero-order valence-corrected chi connectivity index (χ0v) is 14.4. The molecule has 140 valence electrons. The van der Waals surface area contributed by atoms with Gasteiger partial charge >= 0.3 is 6.18 Å². The lowest BCUT2D eigenvalue weighted by Crippen LogP contribution is -2.35. The summed E-state index contributed by atoms with van der Waals surface area (Å²) < 4.78 is 39.5. The van der Waals surface area contributed by atoms with Crippen molar-refractivity contribution in [2.75, 3.05) is 0 Å². The van der Waals surface area contributed by atoms with Crippen molar-refractivity contribution in [2.24, 2.45) is 0 Å². The largest absolute Gasteiger partial charge is 0.406 e. The fraction of sp³-hybridized carbons (Fsp3) is 0.211. The molecule has 0 aliphatic carbocycles. The van der Waals surface area contributed by atoms with Gasteiger partial charge in [-0.25, -0.2) is 0 Å². The summed E-state index contributed by atoms with van der Waals surface area (Å²) in [6.07, 6.45) is -1.54. The third-order valence-electron chi connectivity index (χ3n) is 4.01. The smallest absolute Gasteiger partial charge is 0.347 e. The van der Waals surface area contributed by atoms with E-state index in [0.717, 1.165) is 5.56 Å². The molecule has 1 aromatic carbocycles. The molecule has 0 aliphatic heterocycles. The molecule has 3 rings (SSSR count). The van der Waals surface area contributed by atoms with E-state index in [0.29, 0.717) is 15.5 Å². The Hall–Kier alpha value is -3.16. The molecule has 0 unspecified atom stereocenters. The van der Waals surface area contributed by atoms with Gasteiger partial charge < -0.3 is 5.32 Å². The van der Waals surface area contributed by atoms with Crippen LogP contribution in [0.5, 0.6) is 0 Å². The first-order chi connectivity index (χ1) is 12.7. The molecule has 0 spiro atoms. The molecule has 1 amide bonds. The van der Waals surface area contributed by atoms with Gasteiger partial charge in [0.15, 0.2) is 0 Å². The molecule has 0 aliphatic rings. The molecule has 8 heteroatoms. The van der Waals surface area contributed by atoms with E-state index in [2.05, 4.69) is 10.3 Å². The fourth-order valence-corrected chi connectivity index (χ4v) is 2.76. The first-order valence-corrected chi connectivity index (χ1v) is 8.13. The van der Waals surface area contributed by atoms with Gasteiger partial charge in [0, 0.05) is 24.3 Å². The van der Waals surface area contributed by atoms with Gasteiger partial charge in [-0.15, -0.1) is 0 Å². The molecular formula is C19H16F3N3O2. The lowest BCUT2D eigenvalue weighted by molar-refractivity contribution is -0.141. The zero-order chi connectivity index (χ0) is 19.6. The van der Waals surface area contributed by atoms with Crippen molar-refractivity contribution in [3.8, 4) is 0 Å². The van der Waals surface area contributed by atoms with Crippen LogP contribution in [-0.4, -0.2) is 21.6 Å². The van der Waals surface area contributed by atoms with Gasteiger partial charge in [-0.1, -0.05) is 23.8 Å². The summed E-state index contributed by atoms with van der Waals surface area (Å²) in [5.41, 5.74) is 0.247. The highest BCUT2D eigenvalue weighted by molar-refractivity contribution is 5.96. The van der Waals surface area contributed by atoms with Crippen molar-refractivity contribution in [1.29, 1.82) is 0 Å². The van der Waals surface area contributed by atoms with Crippen molar-refractivity contribution in [3.63, 3.8) is 0 Å². The van der Waals surface area contributed by atoms with Crippen LogP contribution in [0.4, 0.5) is 13.2 Å². The molecule has 2 heterocycles. The van der Waals surface area contributed by atoms with Crippen molar-refractivity contribution >= 4 is 16.7 Å². The van der Waals surface area contributed by atoms with Crippen molar-refractivity contribution in [2.45, 2.75) is 26.2 Å². The number of nitrogens with one attached hydrogen (secondary N) is 1. The predicted molar refractivity (Wildman–Crippen MR) is 94.4 cm³/mol. The molecule has 0 bridgehead atoms. The summed E-state index contributed by atoms with van der Waals surface area (Å²) in [6.45, 7) is 0.283. The number of rotatable bonds is 4. The molecule has 5 nitrogen and oxygen atoms in total. The Bertz CT molecular complexity index is 1040. The standard InChI is InChI=1S/C19H16F3N3O2/c1-12-4-5-14-8-16(17(26)24-10-13-3-2-6-23-9-13)25(11-19(20,21)22)18(27)15(14)7-12/h2-9H,10-11H2,1H3,(H,24,26). The summed E-state index contributed by atoms with van der Waals surface area (Å²) in [5.74, 6) is -0.761. The number of hydrogen-bond donors (Lipinski definition) is 1. The highest BCUT2D eigenvalue weighted by Crippen LogP contribution is 2.20. The number of carbonyl (C=O) groups excluding carboxylic acids is 1. The number of carbonyl (C=O) groups is 1. The SMILES string of the molecule is Cc1ccc2cc(C(=O)NCc3cccnc3)n(CC(F)(F)F)c(=O)c2c1. The lowest BCUT2D eigenvalue weighted by Gasteiger charge is -2.16. The van der Waals surface area contributed by atoms with Gasteiger partial charge in [-0.2, -0.15) is 13.2 Å². The first kappa shape index (κ1) is 18.6. The number of fused-ring (bicyclic) bond motifs is 1. The minimum Gasteiger partial charge on any atom is -0.347 e. The molecule has 0 saturated heterocycles. The molecule has 1 N–H and O–H groups in total. The van der Waals surface area contributed by atoms with E-state index in [1.807, 2.05) is 0 Å². The van der Waals surface area contributed by atoms with E-state index in [4.69, 9.17) is 0 Å². The third-order valence-corrected chi connectivity index (χ3v) is 4.01. The minimum absolute atomic E-state index is 0.0822. The summed E-state index contributed by atoms with van der Waals surface area (Å²) in [4.78, 5) is 29.1. The van der Waals surface area contributed by atoms with Crippen LogP contribution in [0.2, 0.25) is 0 Å². The van der Waals surface area contributed by atoms with Crippen LogP contribution in [0.3, 0.4) is 0 Å². The summed E-state index contributed by atoms with van der Waals surface area (Å²) in [5, 5.41) is 3.09. The number of alkyl halides is 3. The van der Waals surface area contributed by atoms with Crippen molar-refractivity contribution in [3.05, 3.63) is 76.0 Å². The molecule has 2 aromatic heterocycles. The molecule has 27 heavy (non-hydrogen) atoms. The van der Waals surface area contributed by atoms with Crippen molar-refractivity contribution in [1.82, 2.24) is 14.9 Å². The zero-order valence-electron chi connectivity index (χ0n) is 14.4. The van der Waals surface area contributed by atoms with Gasteiger partial charge in [0.25, 0.3) is 11.5 Å². The Labute approximate surface area is 152 Å². The predicted octanol–water partition coefficient (Wildman–Crippen LogP) is 3.20.